The van der Waals surface area contributed by atoms with E-state index >= 15 is 0 Å². The van der Waals surface area contributed by atoms with Crippen LogP contribution in [0.5, 0.6) is 0 Å². The molecule has 0 radical (unpaired) electrons. The lowest BCUT2D eigenvalue weighted by Crippen LogP contribution is -2.53. The predicted molar refractivity (Wildman–Crippen MR) is 86.9 cm³/mol. The molecule has 2 heterocycles. The molecule has 1 aromatic heterocycles. The minimum absolute atomic E-state index is 0.0139. The van der Waals surface area contributed by atoms with E-state index in [0.29, 0.717) is 11.3 Å². The number of hydrogen-bond donors (Lipinski definition) is 1. The van der Waals surface area contributed by atoms with Gasteiger partial charge in [-0.1, -0.05) is 36.4 Å². The first-order valence-electron chi connectivity index (χ1n) is 7.41. The van der Waals surface area contributed by atoms with Crippen LogP contribution in [0.15, 0.2) is 47.8 Å². The fourth-order valence-electron chi connectivity index (χ4n) is 2.44. The molecule has 1 aliphatic heterocycles. The Labute approximate surface area is 133 Å². The number of hydrogen-bond acceptors (Lipinski definition) is 3. The Balaban J connectivity index is 1.73. The van der Waals surface area contributed by atoms with E-state index in [4.69, 9.17) is 0 Å². The summed E-state index contributed by atoms with van der Waals surface area (Å²) in [6.45, 7) is 1.58. The number of nitrogens with zero attached hydrogens (tertiary/aromatic N) is 1. The van der Waals surface area contributed by atoms with Crippen molar-refractivity contribution in [3.8, 4) is 0 Å². The normalized spacial score (nSPS) is 15.0. The molecule has 0 saturated carbocycles. The van der Waals surface area contributed by atoms with Crippen LogP contribution in [0, 0.1) is 0 Å². The van der Waals surface area contributed by atoms with Gasteiger partial charge in [0.15, 0.2) is 0 Å². The average Bonchev–Trinajstić information content (AvgIpc) is 3.00. The third-order valence-corrected chi connectivity index (χ3v) is 4.67. The zero-order valence-electron chi connectivity index (χ0n) is 12.2. The van der Waals surface area contributed by atoms with Crippen LogP contribution >= 0.6 is 11.3 Å². The Hall–Kier alpha value is -2.14. The highest BCUT2D eigenvalue weighted by Gasteiger charge is 2.29. The van der Waals surface area contributed by atoms with Crippen molar-refractivity contribution in [1.82, 2.24) is 10.2 Å². The minimum Gasteiger partial charge on any atom is -0.341 e. The second kappa shape index (κ2) is 6.75. The SMILES string of the molecule is O=C(NC(Cc1ccccc1)C(=O)N1CCC1)c1cccs1. The molecule has 0 bridgehead atoms. The lowest BCUT2D eigenvalue weighted by atomic mass is 10.0. The summed E-state index contributed by atoms with van der Waals surface area (Å²) in [6, 6.07) is 12.9. The summed E-state index contributed by atoms with van der Waals surface area (Å²) in [5.74, 6) is -0.162. The second-order valence-corrected chi connectivity index (χ2v) is 6.32. The summed E-state index contributed by atoms with van der Waals surface area (Å²) in [5.41, 5.74) is 1.05. The van der Waals surface area contributed by atoms with Gasteiger partial charge < -0.3 is 10.2 Å². The summed E-state index contributed by atoms with van der Waals surface area (Å²) < 4.78 is 0. The summed E-state index contributed by atoms with van der Waals surface area (Å²) in [4.78, 5) is 27.3. The fourth-order valence-corrected chi connectivity index (χ4v) is 3.07. The third-order valence-electron chi connectivity index (χ3n) is 3.80. The van der Waals surface area contributed by atoms with Gasteiger partial charge in [-0.2, -0.15) is 0 Å². The molecule has 1 atom stereocenters. The van der Waals surface area contributed by atoms with Crippen molar-refractivity contribution >= 4 is 23.2 Å². The van der Waals surface area contributed by atoms with E-state index in [-0.39, 0.29) is 11.8 Å². The van der Waals surface area contributed by atoms with Crippen molar-refractivity contribution in [2.75, 3.05) is 13.1 Å². The number of amides is 2. The molecule has 4 nitrogen and oxygen atoms in total. The van der Waals surface area contributed by atoms with Crippen LogP contribution in [0.1, 0.15) is 21.7 Å². The molecule has 0 aliphatic carbocycles. The monoisotopic (exact) mass is 314 g/mol. The molecule has 1 fully saturated rings. The highest BCUT2D eigenvalue weighted by molar-refractivity contribution is 7.12. The molecule has 2 aromatic rings. The third kappa shape index (κ3) is 3.36. The van der Waals surface area contributed by atoms with Crippen molar-refractivity contribution < 1.29 is 9.59 Å². The minimum atomic E-state index is -0.503. The Bertz CT molecular complexity index is 636. The maximum atomic E-state index is 12.5. The Morgan fingerprint density at radius 1 is 1.14 bits per heavy atom. The van der Waals surface area contributed by atoms with Gasteiger partial charge >= 0.3 is 0 Å². The van der Waals surface area contributed by atoms with Gasteiger partial charge in [-0.05, 0) is 23.4 Å². The number of thiophene rings is 1. The van der Waals surface area contributed by atoms with Gasteiger partial charge in [0.1, 0.15) is 6.04 Å². The first kappa shape index (κ1) is 14.8. The smallest absolute Gasteiger partial charge is 0.262 e. The van der Waals surface area contributed by atoms with Crippen LogP contribution < -0.4 is 5.32 Å². The molecule has 1 N–H and O–H groups in total. The van der Waals surface area contributed by atoms with Gasteiger partial charge in [-0.15, -0.1) is 11.3 Å². The molecule has 1 unspecified atom stereocenters. The van der Waals surface area contributed by atoms with Crippen LogP contribution in [0.4, 0.5) is 0 Å². The lowest BCUT2D eigenvalue weighted by Gasteiger charge is -2.34. The van der Waals surface area contributed by atoms with Crippen molar-refractivity contribution in [2.45, 2.75) is 18.9 Å². The highest BCUT2D eigenvalue weighted by Crippen LogP contribution is 2.14. The first-order valence-corrected chi connectivity index (χ1v) is 8.29. The van der Waals surface area contributed by atoms with Gasteiger partial charge in [0.25, 0.3) is 5.91 Å². The van der Waals surface area contributed by atoms with Gasteiger partial charge in [0.05, 0.1) is 4.88 Å². The summed E-state index contributed by atoms with van der Waals surface area (Å²) in [7, 11) is 0. The van der Waals surface area contributed by atoms with Crippen LogP contribution in [0.2, 0.25) is 0 Å². The molecule has 3 rings (SSSR count). The van der Waals surface area contributed by atoms with E-state index in [1.54, 1.807) is 6.07 Å². The Kier molecular flexibility index (Phi) is 4.53. The molecule has 2 amide bonds. The number of rotatable bonds is 5. The molecule has 5 heteroatoms. The van der Waals surface area contributed by atoms with E-state index in [2.05, 4.69) is 5.32 Å². The van der Waals surface area contributed by atoms with Gasteiger partial charge in [-0.3, -0.25) is 9.59 Å². The summed E-state index contributed by atoms with van der Waals surface area (Å²) >= 11 is 1.38. The topological polar surface area (TPSA) is 49.4 Å². The van der Waals surface area contributed by atoms with Crippen molar-refractivity contribution in [1.29, 1.82) is 0 Å². The quantitative estimate of drug-likeness (QED) is 0.921. The van der Waals surface area contributed by atoms with Crippen molar-refractivity contribution in [2.24, 2.45) is 0 Å². The Morgan fingerprint density at radius 2 is 1.91 bits per heavy atom. The molecule has 1 saturated heterocycles. The number of nitrogens with one attached hydrogen (secondary N) is 1. The number of benzene rings is 1. The zero-order chi connectivity index (χ0) is 15.4. The van der Waals surface area contributed by atoms with E-state index in [1.807, 2.05) is 46.7 Å². The molecule has 1 aliphatic rings. The molecular formula is C17H18N2O2S. The lowest BCUT2D eigenvalue weighted by molar-refractivity contribution is -0.136. The first-order chi connectivity index (χ1) is 10.7. The van der Waals surface area contributed by atoms with Crippen LogP contribution in [-0.4, -0.2) is 35.8 Å². The van der Waals surface area contributed by atoms with E-state index in [1.165, 1.54) is 11.3 Å². The molecule has 114 valence electrons. The van der Waals surface area contributed by atoms with Crippen LogP contribution in [0.3, 0.4) is 0 Å². The molecule has 22 heavy (non-hydrogen) atoms. The maximum absolute atomic E-state index is 12.5. The van der Waals surface area contributed by atoms with E-state index in [0.717, 1.165) is 25.1 Å². The van der Waals surface area contributed by atoms with Crippen LogP contribution in [0.25, 0.3) is 0 Å². The summed E-state index contributed by atoms with van der Waals surface area (Å²) in [5, 5.41) is 4.76. The number of likely N-dealkylation sites (tertiary alicyclic amines) is 1. The molecule has 1 aromatic carbocycles. The standard InChI is InChI=1S/C17H18N2O2S/c20-16(15-8-4-11-22-15)18-14(17(21)19-9-5-10-19)12-13-6-2-1-3-7-13/h1-4,6-8,11,14H,5,9-10,12H2,(H,18,20). The largest absolute Gasteiger partial charge is 0.341 e. The van der Waals surface area contributed by atoms with Crippen molar-refractivity contribution in [3.05, 3.63) is 58.3 Å². The number of carbonyl (C=O) groups excluding carboxylic acids is 2. The summed E-state index contributed by atoms with van der Waals surface area (Å²) in [6.07, 6.45) is 1.57. The second-order valence-electron chi connectivity index (χ2n) is 5.37. The highest BCUT2D eigenvalue weighted by atomic mass is 32.1. The van der Waals surface area contributed by atoms with Crippen molar-refractivity contribution in [3.63, 3.8) is 0 Å². The predicted octanol–water partition coefficient (Wildman–Crippen LogP) is 2.32. The van der Waals surface area contributed by atoms with Gasteiger partial charge in [0, 0.05) is 19.5 Å². The molecule has 0 spiro atoms. The van der Waals surface area contributed by atoms with Crippen LogP contribution in [-0.2, 0) is 11.2 Å². The fraction of sp³-hybridized carbons (Fsp3) is 0.294. The molecular weight excluding hydrogens is 296 g/mol. The number of carbonyl (C=O) groups is 2. The van der Waals surface area contributed by atoms with Gasteiger partial charge in [-0.25, -0.2) is 0 Å². The van der Waals surface area contributed by atoms with Gasteiger partial charge in [0.2, 0.25) is 5.91 Å². The maximum Gasteiger partial charge on any atom is 0.262 e. The average molecular weight is 314 g/mol. The zero-order valence-corrected chi connectivity index (χ0v) is 13.0. The van der Waals surface area contributed by atoms with E-state index in [9.17, 15) is 9.59 Å². The Morgan fingerprint density at radius 3 is 2.50 bits per heavy atom. The van der Waals surface area contributed by atoms with E-state index < -0.39 is 6.04 Å².